The van der Waals surface area contributed by atoms with Crippen LogP contribution in [-0.4, -0.2) is 63.0 Å². The topological polar surface area (TPSA) is 33.7 Å². The Bertz CT molecular complexity index is 185. The van der Waals surface area contributed by atoms with E-state index in [1.54, 1.807) is 7.11 Å². The Labute approximate surface area is 99.3 Å². The highest BCUT2D eigenvalue weighted by Gasteiger charge is 2.35. The molecule has 1 aliphatic heterocycles. The fourth-order valence-electron chi connectivity index (χ4n) is 2.29. The minimum atomic E-state index is 0.107. The smallest absolute Gasteiger partial charge is 0.0633 e. The molecule has 1 aliphatic rings. The van der Waals surface area contributed by atoms with Gasteiger partial charge in [0, 0.05) is 31.8 Å². The molecule has 0 bridgehead atoms. The highest BCUT2D eigenvalue weighted by atomic mass is 16.5. The van der Waals surface area contributed by atoms with E-state index in [1.165, 1.54) is 0 Å². The van der Waals surface area contributed by atoms with E-state index in [1.807, 2.05) is 0 Å². The molecule has 0 aromatic rings. The van der Waals surface area contributed by atoms with Crippen LogP contribution in [0.1, 0.15) is 20.8 Å². The number of nitrogens with zero attached hydrogens (tertiary/aromatic N) is 1. The van der Waals surface area contributed by atoms with Crippen molar-refractivity contribution in [3.05, 3.63) is 0 Å². The molecule has 1 saturated heterocycles. The van der Waals surface area contributed by atoms with Crippen LogP contribution < -0.4 is 5.32 Å². The first-order valence-electron chi connectivity index (χ1n) is 6.18. The molecule has 1 fully saturated rings. The third kappa shape index (κ3) is 3.42. The first kappa shape index (κ1) is 13.9. The highest BCUT2D eigenvalue weighted by molar-refractivity contribution is 4.94. The van der Waals surface area contributed by atoms with Gasteiger partial charge in [0.15, 0.2) is 0 Å². The lowest BCUT2D eigenvalue weighted by molar-refractivity contribution is -0.0335. The van der Waals surface area contributed by atoms with Crippen molar-refractivity contribution in [3.63, 3.8) is 0 Å². The van der Waals surface area contributed by atoms with Crippen LogP contribution >= 0.6 is 0 Å². The van der Waals surface area contributed by atoms with Crippen LogP contribution in [0.2, 0.25) is 0 Å². The molecule has 0 saturated carbocycles. The summed E-state index contributed by atoms with van der Waals surface area (Å²) in [5, 5.41) is 3.51. The summed E-state index contributed by atoms with van der Waals surface area (Å²) >= 11 is 0. The Morgan fingerprint density at radius 2 is 2.00 bits per heavy atom. The fraction of sp³-hybridized carbons (Fsp3) is 1.00. The van der Waals surface area contributed by atoms with Gasteiger partial charge in [0.1, 0.15) is 0 Å². The second-order valence-corrected chi connectivity index (χ2v) is 4.82. The zero-order valence-corrected chi connectivity index (χ0v) is 11.1. The van der Waals surface area contributed by atoms with Crippen LogP contribution in [0.3, 0.4) is 0 Å². The van der Waals surface area contributed by atoms with E-state index in [2.05, 4.69) is 31.0 Å². The van der Waals surface area contributed by atoms with Gasteiger partial charge in [-0.3, -0.25) is 4.90 Å². The van der Waals surface area contributed by atoms with Crippen molar-refractivity contribution in [1.82, 2.24) is 10.2 Å². The van der Waals surface area contributed by atoms with Crippen molar-refractivity contribution in [3.8, 4) is 0 Å². The molecule has 0 aliphatic carbocycles. The number of hydrogen-bond acceptors (Lipinski definition) is 4. The highest BCUT2D eigenvalue weighted by Crippen LogP contribution is 2.20. The van der Waals surface area contributed by atoms with E-state index >= 15 is 0 Å². The van der Waals surface area contributed by atoms with Crippen LogP contribution in [0.5, 0.6) is 0 Å². The molecule has 0 amide bonds. The first-order valence-corrected chi connectivity index (χ1v) is 6.18. The SMILES string of the molecule is CCNC(COC)C(C)(C)N1CCOCC1. The molecule has 0 radical (unpaired) electrons. The summed E-state index contributed by atoms with van der Waals surface area (Å²) in [6, 6.07) is 0.362. The summed E-state index contributed by atoms with van der Waals surface area (Å²) in [4.78, 5) is 2.49. The maximum Gasteiger partial charge on any atom is 0.0633 e. The number of ether oxygens (including phenoxy) is 2. The largest absolute Gasteiger partial charge is 0.383 e. The molecule has 96 valence electrons. The fourth-order valence-corrected chi connectivity index (χ4v) is 2.29. The number of rotatable bonds is 6. The van der Waals surface area contributed by atoms with Gasteiger partial charge in [-0.2, -0.15) is 0 Å². The molecule has 1 atom stereocenters. The maximum absolute atomic E-state index is 5.40. The minimum absolute atomic E-state index is 0.107. The number of likely N-dealkylation sites (N-methyl/N-ethyl adjacent to an activating group) is 1. The third-order valence-corrected chi connectivity index (χ3v) is 3.46. The van der Waals surface area contributed by atoms with Crippen LogP contribution in [-0.2, 0) is 9.47 Å². The quantitative estimate of drug-likeness (QED) is 0.729. The van der Waals surface area contributed by atoms with Gasteiger partial charge in [-0.1, -0.05) is 6.92 Å². The average Bonchev–Trinajstić information content (AvgIpc) is 2.30. The number of morpholine rings is 1. The summed E-state index contributed by atoms with van der Waals surface area (Å²) in [6.07, 6.45) is 0. The summed E-state index contributed by atoms with van der Waals surface area (Å²) in [7, 11) is 1.76. The van der Waals surface area contributed by atoms with Crippen LogP contribution in [0.4, 0.5) is 0 Å². The summed E-state index contributed by atoms with van der Waals surface area (Å²) in [5.41, 5.74) is 0.107. The van der Waals surface area contributed by atoms with Gasteiger partial charge in [-0.05, 0) is 20.4 Å². The van der Waals surface area contributed by atoms with Gasteiger partial charge in [0.05, 0.1) is 19.8 Å². The van der Waals surface area contributed by atoms with E-state index < -0.39 is 0 Å². The molecule has 16 heavy (non-hydrogen) atoms. The molecule has 1 heterocycles. The van der Waals surface area contributed by atoms with Gasteiger partial charge in [-0.25, -0.2) is 0 Å². The lowest BCUT2D eigenvalue weighted by Crippen LogP contribution is -2.61. The number of hydrogen-bond donors (Lipinski definition) is 1. The zero-order chi connectivity index (χ0) is 12.0. The van der Waals surface area contributed by atoms with Gasteiger partial charge in [-0.15, -0.1) is 0 Å². The van der Waals surface area contributed by atoms with Crippen molar-refractivity contribution in [2.24, 2.45) is 0 Å². The van der Waals surface area contributed by atoms with Crippen molar-refractivity contribution in [2.75, 3.05) is 46.6 Å². The van der Waals surface area contributed by atoms with Gasteiger partial charge < -0.3 is 14.8 Å². The Morgan fingerprint density at radius 3 is 2.50 bits per heavy atom. The van der Waals surface area contributed by atoms with Crippen molar-refractivity contribution < 1.29 is 9.47 Å². The monoisotopic (exact) mass is 230 g/mol. The van der Waals surface area contributed by atoms with E-state index in [0.29, 0.717) is 6.04 Å². The first-order chi connectivity index (χ1) is 7.62. The third-order valence-electron chi connectivity index (χ3n) is 3.46. The number of methoxy groups -OCH3 is 1. The van der Waals surface area contributed by atoms with Crippen LogP contribution in [0.25, 0.3) is 0 Å². The molecule has 0 aromatic heterocycles. The average molecular weight is 230 g/mol. The summed E-state index contributed by atoms with van der Waals surface area (Å²) in [5.74, 6) is 0. The normalized spacial score (nSPS) is 21.0. The molecule has 0 spiro atoms. The Hall–Kier alpha value is -0.160. The van der Waals surface area contributed by atoms with E-state index in [4.69, 9.17) is 9.47 Å². The molecule has 4 nitrogen and oxygen atoms in total. The zero-order valence-electron chi connectivity index (χ0n) is 11.1. The molecule has 1 rings (SSSR count). The van der Waals surface area contributed by atoms with Crippen LogP contribution in [0, 0.1) is 0 Å². The van der Waals surface area contributed by atoms with E-state index in [0.717, 1.165) is 39.5 Å². The molecule has 1 N–H and O–H groups in total. The lowest BCUT2D eigenvalue weighted by atomic mass is 9.92. The standard InChI is InChI=1S/C12H26N2O2/c1-5-13-11(10-15-4)12(2,3)14-6-8-16-9-7-14/h11,13H,5-10H2,1-4H3. The number of nitrogens with one attached hydrogen (secondary N) is 1. The predicted molar refractivity (Wildman–Crippen MR) is 65.8 cm³/mol. The maximum atomic E-state index is 5.40. The predicted octanol–water partition coefficient (Wildman–Crippen LogP) is 0.722. The molecule has 4 heteroatoms. The van der Waals surface area contributed by atoms with Crippen molar-refractivity contribution >= 4 is 0 Å². The minimum Gasteiger partial charge on any atom is -0.383 e. The molecular formula is C12H26N2O2. The summed E-state index contributed by atoms with van der Waals surface area (Å²) < 4.78 is 10.7. The second kappa shape index (κ2) is 6.55. The van der Waals surface area contributed by atoms with Crippen molar-refractivity contribution in [2.45, 2.75) is 32.4 Å². The van der Waals surface area contributed by atoms with Crippen LogP contribution in [0.15, 0.2) is 0 Å². The Balaban J connectivity index is 2.61. The Morgan fingerprint density at radius 1 is 1.38 bits per heavy atom. The molecular weight excluding hydrogens is 204 g/mol. The van der Waals surface area contributed by atoms with Gasteiger partial charge in [0.25, 0.3) is 0 Å². The molecule has 1 unspecified atom stereocenters. The second-order valence-electron chi connectivity index (χ2n) is 4.82. The Kier molecular flexibility index (Phi) is 5.69. The van der Waals surface area contributed by atoms with Crippen molar-refractivity contribution in [1.29, 1.82) is 0 Å². The summed E-state index contributed by atoms with van der Waals surface area (Å²) in [6.45, 7) is 12.1. The van der Waals surface area contributed by atoms with E-state index in [9.17, 15) is 0 Å². The molecule has 0 aromatic carbocycles. The van der Waals surface area contributed by atoms with E-state index in [-0.39, 0.29) is 5.54 Å². The lowest BCUT2D eigenvalue weighted by Gasteiger charge is -2.45. The van der Waals surface area contributed by atoms with Gasteiger partial charge >= 0.3 is 0 Å². The van der Waals surface area contributed by atoms with Gasteiger partial charge in [0.2, 0.25) is 0 Å².